The number of thiazole rings is 1. The molecule has 0 atom stereocenters. The van der Waals surface area contributed by atoms with Gasteiger partial charge < -0.3 is 4.84 Å². The van der Waals surface area contributed by atoms with Gasteiger partial charge >= 0.3 is 0 Å². The number of rotatable bonds is 3. The Morgan fingerprint density at radius 1 is 1.69 bits per heavy atom. The number of hydrogen-bond donors (Lipinski definition) is 0. The number of halogens is 2. The van der Waals surface area contributed by atoms with Crippen LogP contribution in [0.1, 0.15) is 4.88 Å². The molecule has 0 radical (unpaired) electrons. The van der Waals surface area contributed by atoms with E-state index >= 15 is 0 Å². The molecule has 0 unspecified atom stereocenters. The van der Waals surface area contributed by atoms with Crippen LogP contribution in [0.4, 0.5) is 0 Å². The van der Waals surface area contributed by atoms with E-state index in [9.17, 15) is 0 Å². The van der Waals surface area contributed by atoms with E-state index < -0.39 is 0 Å². The Balaban J connectivity index is 2.59. The minimum Gasteiger partial charge on any atom is -0.383 e. The highest BCUT2D eigenvalue weighted by atomic mass is 35.5. The maximum Gasteiger partial charge on any atom is 0.185 e. The lowest BCUT2D eigenvalue weighted by Gasteiger charge is -1.88. The molecule has 1 aromatic rings. The molecule has 0 aliphatic carbocycles. The Morgan fingerprint density at radius 3 is 3.00 bits per heavy atom. The number of terminal acetylenes is 1. The van der Waals surface area contributed by atoms with Gasteiger partial charge in [0.25, 0.3) is 0 Å². The van der Waals surface area contributed by atoms with Gasteiger partial charge in [-0.05, 0) is 0 Å². The lowest BCUT2D eigenvalue weighted by molar-refractivity contribution is 0.182. The van der Waals surface area contributed by atoms with Crippen molar-refractivity contribution < 1.29 is 4.84 Å². The van der Waals surface area contributed by atoms with Crippen molar-refractivity contribution in [1.82, 2.24) is 4.98 Å². The van der Waals surface area contributed by atoms with E-state index in [1.165, 1.54) is 17.6 Å². The molecule has 0 aliphatic heterocycles. The van der Waals surface area contributed by atoms with E-state index in [4.69, 9.17) is 29.6 Å². The molecule has 68 valence electrons. The van der Waals surface area contributed by atoms with E-state index in [1.807, 2.05) is 0 Å². The summed E-state index contributed by atoms with van der Waals surface area (Å²) in [6, 6.07) is 0. The molecule has 13 heavy (non-hydrogen) atoms. The molecule has 0 aliphatic rings. The fraction of sp³-hybridized carbons (Fsp3) is 0.143. The van der Waals surface area contributed by atoms with Crippen LogP contribution in [0.25, 0.3) is 0 Å². The van der Waals surface area contributed by atoms with E-state index in [0.29, 0.717) is 14.5 Å². The molecule has 3 nitrogen and oxygen atoms in total. The Kier molecular flexibility index (Phi) is 4.03. The highest BCUT2D eigenvalue weighted by molar-refractivity contribution is 7.17. The topological polar surface area (TPSA) is 34.5 Å². The maximum absolute atomic E-state index is 5.69. The molecule has 0 saturated heterocycles. The van der Waals surface area contributed by atoms with Crippen molar-refractivity contribution in [3.05, 3.63) is 14.5 Å². The van der Waals surface area contributed by atoms with Crippen molar-refractivity contribution >= 4 is 40.8 Å². The second kappa shape index (κ2) is 5.07. The standard InChI is InChI=1S/C7H4Cl2N2OS/c1-2-3-12-10-4-5-6(8)11-7(9)13-5/h1,4H,3H2/b10-4+. The molecule has 1 heterocycles. The van der Waals surface area contributed by atoms with Crippen molar-refractivity contribution in [1.29, 1.82) is 0 Å². The van der Waals surface area contributed by atoms with Gasteiger partial charge in [0.15, 0.2) is 16.2 Å². The Labute approximate surface area is 89.3 Å². The highest BCUT2D eigenvalue weighted by Crippen LogP contribution is 2.24. The van der Waals surface area contributed by atoms with Crippen molar-refractivity contribution in [2.75, 3.05) is 6.61 Å². The van der Waals surface area contributed by atoms with E-state index in [0.717, 1.165) is 0 Å². The minimum atomic E-state index is 0.126. The number of oxime groups is 1. The Hall–Kier alpha value is -0.760. The first-order valence-electron chi connectivity index (χ1n) is 3.14. The second-order valence-corrected chi connectivity index (χ2v) is 3.80. The third-order valence-corrected chi connectivity index (χ3v) is 2.47. The molecule has 6 heteroatoms. The average molecular weight is 235 g/mol. The van der Waals surface area contributed by atoms with Gasteiger partial charge in [0, 0.05) is 0 Å². The van der Waals surface area contributed by atoms with Crippen LogP contribution >= 0.6 is 34.5 Å². The largest absolute Gasteiger partial charge is 0.383 e. The summed E-state index contributed by atoms with van der Waals surface area (Å²) in [5.74, 6) is 2.27. The fourth-order valence-electron chi connectivity index (χ4n) is 0.527. The zero-order valence-corrected chi connectivity index (χ0v) is 8.66. The van der Waals surface area contributed by atoms with Gasteiger partial charge in [-0.25, -0.2) is 4.98 Å². The summed E-state index contributed by atoms with van der Waals surface area (Å²) in [5.41, 5.74) is 0. The van der Waals surface area contributed by atoms with Gasteiger partial charge in [-0.2, -0.15) is 0 Å². The summed E-state index contributed by atoms with van der Waals surface area (Å²) in [4.78, 5) is 9.08. The van der Waals surface area contributed by atoms with Crippen LogP contribution in [0, 0.1) is 12.3 Å². The molecule has 0 amide bonds. The van der Waals surface area contributed by atoms with Gasteiger partial charge in [-0.3, -0.25) is 0 Å². The predicted octanol–water partition coefficient (Wildman–Crippen LogP) is 2.43. The van der Waals surface area contributed by atoms with Gasteiger partial charge in [0.1, 0.15) is 0 Å². The zero-order valence-electron chi connectivity index (χ0n) is 6.33. The third kappa shape index (κ3) is 3.23. The van der Waals surface area contributed by atoms with Crippen LogP contribution in [0.2, 0.25) is 9.62 Å². The summed E-state index contributed by atoms with van der Waals surface area (Å²) < 4.78 is 0.364. The van der Waals surface area contributed by atoms with Crippen LogP contribution in [0.15, 0.2) is 5.16 Å². The molecular formula is C7H4Cl2N2OS. The monoisotopic (exact) mass is 234 g/mol. The summed E-state index contributed by atoms with van der Waals surface area (Å²) >= 11 is 12.5. The van der Waals surface area contributed by atoms with Crippen molar-refractivity contribution in [2.45, 2.75) is 0 Å². The first-order valence-corrected chi connectivity index (χ1v) is 4.72. The molecule has 0 N–H and O–H groups in total. The first kappa shape index (κ1) is 10.3. The van der Waals surface area contributed by atoms with Gasteiger partial charge in [0.05, 0.1) is 11.1 Å². The van der Waals surface area contributed by atoms with Crippen molar-refractivity contribution in [2.24, 2.45) is 5.16 Å². The molecule has 1 aromatic heterocycles. The van der Waals surface area contributed by atoms with E-state index in [-0.39, 0.29) is 6.61 Å². The predicted molar refractivity (Wildman–Crippen MR) is 54.5 cm³/mol. The quantitative estimate of drug-likeness (QED) is 0.349. The Morgan fingerprint density at radius 2 is 2.46 bits per heavy atom. The molecule has 0 bridgehead atoms. The van der Waals surface area contributed by atoms with Crippen molar-refractivity contribution in [3.8, 4) is 12.3 Å². The molecular weight excluding hydrogens is 231 g/mol. The fourth-order valence-corrected chi connectivity index (χ4v) is 1.75. The third-order valence-electron chi connectivity index (χ3n) is 0.976. The molecule has 0 aromatic carbocycles. The second-order valence-electron chi connectivity index (χ2n) is 1.83. The van der Waals surface area contributed by atoms with Crippen LogP contribution in [-0.4, -0.2) is 17.8 Å². The normalized spacial score (nSPS) is 10.2. The molecule has 0 saturated carbocycles. The molecule has 1 rings (SSSR count). The highest BCUT2D eigenvalue weighted by Gasteiger charge is 2.04. The Bertz CT molecular complexity index is 356. The average Bonchev–Trinajstić information content (AvgIpc) is 2.39. The summed E-state index contributed by atoms with van der Waals surface area (Å²) in [6.45, 7) is 0.126. The number of nitrogens with zero attached hydrogens (tertiary/aromatic N) is 2. The smallest absolute Gasteiger partial charge is 0.185 e. The van der Waals surface area contributed by atoms with Crippen LogP contribution in [0.5, 0.6) is 0 Å². The van der Waals surface area contributed by atoms with Gasteiger partial charge in [0.2, 0.25) is 0 Å². The summed E-state index contributed by atoms with van der Waals surface area (Å²) in [7, 11) is 0. The summed E-state index contributed by atoms with van der Waals surface area (Å²) in [6.07, 6.45) is 6.36. The van der Waals surface area contributed by atoms with E-state index in [1.54, 1.807) is 0 Å². The first-order chi connectivity index (χ1) is 6.24. The molecule has 0 fully saturated rings. The maximum atomic E-state index is 5.69. The molecule has 0 spiro atoms. The van der Waals surface area contributed by atoms with Crippen LogP contribution < -0.4 is 0 Å². The summed E-state index contributed by atoms with van der Waals surface area (Å²) in [5, 5.41) is 3.87. The zero-order chi connectivity index (χ0) is 9.68. The lowest BCUT2D eigenvalue weighted by atomic mass is 10.6. The van der Waals surface area contributed by atoms with Gasteiger partial charge in [-0.15, -0.1) is 6.42 Å². The van der Waals surface area contributed by atoms with Gasteiger partial charge in [-0.1, -0.05) is 45.6 Å². The van der Waals surface area contributed by atoms with Crippen LogP contribution in [-0.2, 0) is 4.84 Å². The number of aromatic nitrogens is 1. The number of hydrogen-bond acceptors (Lipinski definition) is 4. The van der Waals surface area contributed by atoms with E-state index in [2.05, 4.69) is 20.9 Å². The van der Waals surface area contributed by atoms with Crippen molar-refractivity contribution in [3.63, 3.8) is 0 Å². The SMILES string of the molecule is C#CCO/N=C/c1sc(Cl)nc1Cl. The van der Waals surface area contributed by atoms with Crippen LogP contribution in [0.3, 0.4) is 0 Å². The minimum absolute atomic E-state index is 0.126. The lowest BCUT2D eigenvalue weighted by Crippen LogP contribution is -1.83.